The van der Waals surface area contributed by atoms with Crippen molar-refractivity contribution in [2.45, 2.75) is 12.0 Å². The van der Waals surface area contributed by atoms with Gasteiger partial charge in [-0.1, -0.05) is 42.5 Å². The molecule has 32 heavy (non-hydrogen) atoms. The first kappa shape index (κ1) is 20.0. The number of carbonyl (C=O) groups excluding carboxylic acids is 1. The van der Waals surface area contributed by atoms with Crippen molar-refractivity contribution < 1.29 is 19.0 Å². The number of nitrogens with one attached hydrogen (secondary N) is 2. The van der Waals surface area contributed by atoms with Gasteiger partial charge in [0.1, 0.15) is 12.4 Å². The summed E-state index contributed by atoms with van der Waals surface area (Å²) in [6.07, 6.45) is 1.33. The smallest absolute Gasteiger partial charge is 0.264 e. The van der Waals surface area contributed by atoms with E-state index in [4.69, 9.17) is 14.2 Å². The quantitative estimate of drug-likeness (QED) is 0.481. The van der Waals surface area contributed by atoms with Crippen molar-refractivity contribution in [1.29, 1.82) is 0 Å². The molecule has 0 spiro atoms. The summed E-state index contributed by atoms with van der Waals surface area (Å²) >= 11 is 0. The van der Waals surface area contributed by atoms with Gasteiger partial charge in [0.15, 0.2) is 11.5 Å². The summed E-state index contributed by atoms with van der Waals surface area (Å²) in [5.74, 6) is 1.80. The van der Waals surface area contributed by atoms with Gasteiger partial charge in [-0.3, -0.25) is 4.79 Å². The molecular weight excluding hydrogens is 404 g/mol. The fourth-order valence-corrected chi connectivity index (χ4v) is 4.09. The van der Waals surface area contributed by atoms with Crippen LogP contribution in [0.2, 0.25) is 0 Å². The van der Waals surface area contributed by atoms with Crippen LogP contribution in [0.1, 0.15) is 17.0 Å². The van der Waals surface area contributed by atoms with E-state index in [2.05, 4.69) is 16.4 Å². The highest BCUT2D eigenvalue weighted by atomic mass is 16.6. The van der Waals surface area contributed by atoms with Crippen LogP contribution >= 0.6 is 0 Å². The third-order valence-corrected chi connectivity index (χ3v) is 5.80. The number of amides is 1. The van der Waals surface area contributed by atoms with Crippen LogP contribution < -0.4 is 19.5 Å². The number of para-hydroxylation sites is 3. The number of benzene rings is 3. The second-order valence-electron chi connectivity index (χ2n) is 7.72. The van der Waals surface area contributed by atoms with Gasteiger partial charge in [-0.25, -0.2) is 0 Å². The maximum Gasteiger partial charge on any atom is 0.264 e. The molecule has 0 aliphatic carbocycles. The Morgan fingerprint density at radius 2 is 1.81 bits per heavy atom. The number of rotatable bonds is 6. The number of hydrogen-bond acceptors (Lipinski definition) is 4. The molecule has 2 unspecified atom stereocenters. The summed E-state index contributed by atoms with van der Waals surface area (Å²) in [6.45, 7) is 0.609. The Morgan fingerprint density at radius 3 is 2.62 bits per heavy atom. The highest BCUT2D eigenvalue weighted by molar-refractivity contribution is 5.85. The maximum atomic E-state index is 12.9. The summed E-state index contributed by atoms with van der Waals surface area (Å²) < 4.78 is 16.9. The molecule has 2 atom stereocenters. The molecule has 2 N–H and O–H groups in total. The Balaban J connectivity index is 1.38. The van der Waals surface area contributed by atoms with Gasteiger partial charge in [0.25, 0.3) is 5.91 Å². The lowest BCUT2D eigenvalue weighted by atomic mass is 9.90. The number of aromatic amines is 1. The Hall–Kier alpha value is -3.93. The Morgan fingerprint density at radius 1 is 1.06 bits per heavy atom. The van der Waals surface area contributed by atoms with Crippen LogP contribution in [0, 0.1) is 0 Å². The summed E-state index contributed by atoms with van der Waals surface area (Å²) in [6, 6.07) is 23.5. The first-order valence-corrected chi connectivity index (χ1v) is 10.6. The number of carbonyl (C=O) groups is 1. The molecule has 1 amide bonds. The Kier molecular flexibility index (Phi) is 5.42. The normalized spacial score (nSPS) is 15.8. The van der Waals surface area contributed by atoms with Crippen molar-refractivity contribution >= 4 is 16.8 Å². The van der Waals surface area contributed by atoms with Crippen LogP contribution in [0.25, 0.3) is 10.9 Å². The monoisotopic (exact) mass is 428 g/mol. The number of methoxy groups -OCH3 is 1. The number of fused-ring (bicyclic) bond motifs is 2. The van der Waals surface area contributed by atoms with Crippen LogP contribution in [-0.4, -0.2) is 37.3 Å². The maximum absolute atomic E-state index is 12.9. The largest absolute Gasteiger partial charge is 0.497 e. The van der Waals surface area contributed by atoms with Crippen LogP contribution in [0.3, 0.4) is 0 Å². The molecule has 5 rings (SSSR count). The molecular formula is C26H24N2O4. The van der Waals surface area contributed by atoms with Crippen molar-refractivity contribution in [2.24, 2.45) is 0 Å². The molecule has 1 aliphatic heterocycles. The zero-order chi connectivity index (χ0) is 21.9. The zero-order valence-electron chi connectivity index (χ0n) is 17.7. The van der Waals surface area contributed by atoms with Crippen LogP contribution in [0.5, 0.6) is 17.2 Å². The minimum Gasteiger partial charge on any atom is -0.497 e. The SMILES string of the molecule is COc1ccc(C(CNC(=O)C2COc3ccccc3O2)c2c[nH]c3ccccc23)cc1. The van der Waals surface area contributed by atoms with Crippen LogP contribution in [0.4, 0.5) is 0 Å². The average Bonchev–Trinajstić information content (AvgIpc) is 3.28. The Bertz CT molecular complexity index is 1230. The highest BCUT2D eigenvalue weighted by Gasteiger charge is 2.28. The fourth-order valence-electron chi connectivity index (χ4n) is 4.09. The third kappa shape index (κ3) is 3.87. The number of hydrogen-bond donors (Lipinski definition) is 2. The van der Waals surface area contributed by atoms with E-state index in [-0.39, 0.29) is 18.4 Å². The Labute approximate surface area is 186 Å². The van der Waals surface area contributed by atoms with Crippen molar-refractivity contribution in [1.82, 2.24) is 10.3 Å². The average molecular weight is 428 g/mol. The zero-order valence-corrected chi connectivity index (χ0v) is 17.7. The predicted molar refractivity (Wildman–Crippen MR) is 122 cm³/mol. The molecule has 0 fully saturated rings. The van der Waals surface area contributed by atoms with Crippen molar-refractivity contribution in [3.8, 4) is 17.2 Å². The standard InChI is InChI=1S/C26H24N2O4/c1-30-18-12-10-17(11-13-18)20(21-15-27-22-7-3-2-6-19(21)22)14-28-26(29)25-16-31-23-8-4-5-9-24(23)32-25/h2-13,15,20,25,27H,14,16H2,1H3,(H,28,29). The van der Waals surface area contributed by atoms with E-state index in [1.165, 1.54) is 0 Å². The van der Waals surface area contributed by atoms with E-state index in [9.17, 15) is 4.79 Å². The molecule has 2 heterocycles. The van der Waals surface area contributed by atoms with Gasteiger partial charge < -0.3 is 24.5 Å². The molecule has 6 heteroatoms. The van der Waals surface area contributed by atoms with E-state index < -0.39 is 6.10 Å². The van der Waals surface area contributed by atoms with Gasteiger partial charge >= 0.3 is 0 Å². The number of aromatic nitrogens is 1. The van der Waals surface area contributed by atoms with Crippen molar-refractivity contribution in [2.75, 3.05) is 20.3 Å². The fraction of sp³-hybridized carbons (Fsp3) is 0.192. The summed E-state index contributed by atoms with van der Waals surface area (Å²) in [7, 11) is 1.65. The lowest BCUT2D eigenvalue weighted by Gasteiger charge is -2.26. The molecule has 4 aromatic rings. The first-order chi connectivity index (χ1) is 15.7. The van der Waals surface area contributed by atoms with E-state index in [1.807, 2.05) is 66.9 Å². The van der Waals surface area contributed by atoms with Gasteiger partial charge in [-0.15, -0.1) is 0 Å². The molecule has 1 aliphatic rings. The van der Waals surface area contributed by atoms with E-state index in [0.717, 1.165) is 27.8 Å². The second-order valence-corrected chi connectivity index (χ2v) is 7.72. The van der Waals surface area contributed by atoms with E-state index >= 15 is 0 Å². The van der Waals surface area contributed by atoms with Crippen LogP contribution in [-0.2, 0) is 4.79 Å². The number of H-pyrrole nitrogens is 1. The molecule has 1 aromatic heterocycles. The third-order valence-electron chi connectivity index (χ3n) is 5.80. The first-order valence-electron chi connectivity index (χ1n) is 10.6. The van der Waals surface area contributed by atoms with Gasteiger partial charge in [0.2, 0.25) is 6.10 Å². The lowest BCUT2D eigenvalue weighted by Crippen LogP contribution is -2.45. The van der Waals surface area contributed by atoms with Gasteiger partial charge in [0, 0.05) is 29.6 Å². The van der Waals surface area contributed by atoms with Crippen molar-refractivity contribution in [3.05, 3.63) is 90.1 Å². The highest BCUT2D eigenvalue weighted by Crippen LogP contribution is 2.33. The second kappa shape index (κ2) is 8.67. The van der Waals surface area contributed by atoms with Gasteiger partial charge in [0.05, 0.1) is 7.11 Å². The number of ether oxygens (including phenoxy) is 3. The molecule has 0 radical (unpaired) electrons. The van der Waals surface area contributed by atoms with Crippen molar-refractivity contribution in [3.63, 3.8) is 0 Å². The van der Waals surface area contributed by atoms with E-state index in [1.54, 1.807) is 13.2 Å². The van der Waals surface area contributed by atoms with E-state index in [0.29, 0.717) is 18.0 Å². The minimum absolute atomic E-state index is 0.0437. The molecule has 3 aromatic carbocycles. The minimum atomic E-state index is -0.690. The van der Waals surface area contributed by atoms with Gasteiger partial charge in [-0.05, 0) is 41.5 Å². The molecule has 0 saturated carbocycles. The summed E-state index contributed by atoms with van der Waals surface area (Å²) in [5.41, 5.74) is 3.27. The molecule has 162 valence electrons. The molecule has 6 nitrogen and oxygen atoms in total. The molecule has 0 bridgehead atoms. The topological polar surface area (TPSA) is 72.6 Å². The van der Waals surface area contributed by atoms with Crippen LogP contribution in [0.15, 0.2) is 79.0 Å². The molecule has 0 saturated heterocycles. The summed E-state index contributed by atoms with van der Waals surface area (Å²) in [5, 5.41) is 4.21. The van der Waals surface area contributed by atoms with Gasteiger partial charge in [-0.2, -0.15) is 0 Å². The lowest BCUT2D eigenvalue weighted by molar-refractivity contribution is -0.130. The predicted octanol–water partition coefficient (Wildman–Crippen LogP) is 4.26. The summed E-state index contributed by atoms with van der Waals surface area (Å²) in [4.78, 5) is 16.3.